The minimum atomic E-state index is -3.62. The number of nitrogens with one attached hydrogen (secondary N) is 1. The molecule has 0 unspecified atom stereocenters. The van der Waals surface area contributed by atoms with Gasteiger partial charge >= 0.3 is 0 Å². The van der Waals surface area contributed by atoms with Crippen LogP contribution in [0.15, 0.2) is 41.6 Å². The Morgan fingerprint density at radius 2 is 2.05 bits per heavy atom. The summed E-state index contributed by atoms with van der Waals surface area (Å²) in [7, 11) is -3.62. The number of aromatic nitrogens is 1. The van der Waals surface area contributed by atoms with Gasteiger partial charge in [-0.05, 0) is 47.9 Å². The molecule has 0 aliphatic heterocycles. The van der Waals surface area contributed by atoms with E-state index in [9.17, 15) is 8.42 Å². The fourth-order valence-corrected chi connectivity index (χ4v) is 3.06. The molecule has 0 fully saturated rings. The number of hydrogen-bond donors (Lipinski definition) is 2. The molecule has 0 aliphatic rings. The maximum atomic E-state index is 12.3. The summed E-state index contributed by atoms with van der Waals surface area (Å²) in [5.74, 6) is 0. The minimum absolute atomic E-state index is 0.147. The molecule has 2 aromatic rings. The molecule has 1 aromatic heterocycles. The van der Waals surface area contributed by atoms with Crippen molar-refractivity contribution in [2.24, 2.45) is 5.73 Å². The monoisotopic (exact) mass is 325 g/mol. The zero-order valence-electron chi connectivity index (χ0n) is 11.5. The average molecular weight is 326 g/mol. The van der Waals surface area contributed by atoms with Gasteiger partial charge in [0.05, 0.1) is 4.90 Å². The first-order valence-electron chi connectivity index (χ1n) is 6.31. The summed E-state index contributed by atoms with van der Waals surface area (Å²) in [6.45, 7) is 2.27. The number of nitrogens with two attached hydrogens (primary N) is 1. The topological polar surface area (TPSA) is 85.1 Å². The van der Waals surface area contributed by atoms with Crippen molar-refractivity contribution in [1.82, 2.24) is 9.71 Å². The van der Waals surface area contributed by atoms with E-state index in [2.05, 4.69) is 9.71 Å². The molecule has 7 heteroatoms. The van der Waals surface area contributed by atoms with E-state index < -0.39 is 10.0 Å². The first kappa shape index (κ1) is 15.9. The van der Waals surface area contributed by atoms with E-state index >= 15 is 0 Å². The Balaban J connectivity index is 2.21. The summed E-state index contributed by atoms with van der Waals surface area (Å²) in [5, 5.41) is 0.458. The van der Waals surface area contributed by atoms with Crippen LogP contribution in [0.3, 0.4) is 0 Å². The highest BCUT2D eigenvalue weighted by molar-refractivity contribution is 7.89. The molecule has 0 radical (unpaired) electrons. The van der Waals surface area contributed by atoms with Gasteiger partial charge in [-0.15, -0.1) is 0 Å². The Morgan fingerprint density at radius 3 is 2.71 bits per heavy atom. The van der Waals surface area contributed by atoms with Gasteiger partial charge in [0.25, 0.3) is 0 Å². The van der Waals surface area contributed by atoms with Gasteiger partial charge in [-0.3, -0.25) is 4.98 Å². The SMILES string of the molecule is Cc1ccncc1CNS(=O)(=O)c1ccc(Cl)c(CN)c1. The highest BCUT2D eigenvalue weighted by Gasteiger charge is 2.15. The maximum Gasteiger partial charge on any atom is 0.240 e. The third-order valence-corrected chi connectivity index (χ3v) is 4.92. The van der Waals surface area contributed by atoms with Crippen molar-refractivity contribution in [2.45, 2.75) is 24.9 Å². The Labute approximate surface area is 129 Å². The largest absolute Gasteiger partial charge is 0.326 e. The Hall–Kier alpha value is -1.47. The van der Waals surface area contributed by atoms with Crippen molar-refractivity contribution in [3.63, 3.8) is 0 Å². The first-order valence-corrected chi connectivity index (χ1v) is 8.18. The number of rotatable bonds is 5. The molecule has 5 nitrogen and oxygen atoms in total. The molecule has 0 atom stereocenters. The van der Waals surface area contributed by atoms with Crippen molar-refractivity contribution in [3.8, 4) is 0 Å². The van der Waals surface area contributed by atoms with Gasteiger partial charge in [-0.1, -0.05) is 11.6 Å². The second-order valence-electron chi connectivity index (χ2n) is 4.58. The summed E-state index contributed by atoms with van der Waals surface area (Å²) >= 11 is 5.94. The molecule has 1 aromatic carbocycles. The fourth-order valence-electron chi connectivity index (χ4n) is 1.81. The zero-order valence-corrected chi connectivity index (χ0v) is 13.1. The quantitative estimate of drug-likeness (QED) is 0.880. The van der Waals surface area contributed by atoms with Crippen LogP contribution < -0.4 is 10.5 Å². The van der Waals surface area contributed by atoms with Gasteiger partial charge in [0.15, 0.2) is 0 Å². The molecule has 1 heterocycles. The van der Waals surface area contributed by atoms with Crippen molar-refractivity contribution in [2.75, 3.05) is 0 Å². The van der Waals surface area contributed by atoms with Crippen molar-refractivity contribution < 1.29 is 8.42 Å². The van der Waals surface area contributed by atoms with Crippen LogP contribution in [-0.4, -0.2) is 13.4 Å². The number of halogens is 1. The molecule has 0 aliphatic carbocycles. The van der Waals surface area contributed by atoms with E-state index in [-0.39, 0.29) is 18.0 Å². The Bertz CT molecular complexity index is 748. The van der Waals surface area contributed by atoms with E-state index in [4.69, 9.17) is 17.3 Å². The molecule has 3 N–H and O–H groups in total. The number of nitrogens with zero attached hydrogens (tertiary/aromatic N) is 1. The molecule has 112 valence electrons. The molecule has 0 spiro atoms. The smallest absolute Gasteiger partial charge is 0.240 e. The lowest BCUT2D eigenvalue weighted by atomic mass is 10.2. The normalized spacial score (nSPS) is 11.6. The number of hydrogen-bond acceptors (Lipinski definition) is 4. The summed E-state index contributed by atoms with van der Waals surface area (Å²) in [4.78, 5) is 4.14. The fraction of sp³-hybridized carbons (Fsp3) is 0.214. The van der Waals surface area contributed by atoms with Crippen molar-refractivity contribution in [3.05, 3.63) is 58.4 Å². The third-order valence-electron chi connectivity index (χ3n) is 3.15. The van der Waals surface area contributed by atoms with Crippen LogP contribution >= 0.6 is 11.6 Å². The standard InChI is InChI=1S/C14H16ClN3O2S/c1-10-4-5-17-8-12(10)9-18-21(19,20)13-2-3-14(15)11(6-13)7-16/h2-6,8,18H,7,9,16H2,1H3. The number of benzene rings is 1. The zero-order chi connectivity index (χ0) is 15.5. The van der Waals surface area contributed by atoms with Crippen LogP contribution in [0.5, 0.6) is 0 Å². The number of pyridine rings is 1. The van der Waals surface area contributed by atoms with E-state index in [1.165, 1.54) is 18.2 Å². The molecule has 0 saturated heterocycles. The summed E-state index contributed by atoms with van der Waals surface area (Å²) in [6.07, 6.45) is 3.31. The molecular formula is C14H16ClN3O2S. The van der Waals surface area contributed by atoms with E-state index in [0.717, 1.165) is 11.1 Å². The lowest BCUT2D eigenvalue weighted by Crippen LogP contribution is -2.24. The average Bonchev–Trinajstić information content (AvgIpc) is 2.46. The highest BCUT2D eigenvalue weighted by Crippen LogP contribution is 2.20. The van der Waals surface area contributed by atoms with Gasteiger partial charge in [0, 0.05) is 30.5 Å². The molecule has 0 bridgehead atoms. The van der Waals surface area contributed by atoms with Crippen molar-refractivity contribution in [1.29, 1.82) is 0 Å². The van der Waals surface area contributed by atoms with Crippen LogP contribution in [0.1, 0.15) is 16.7 Å². The van der Waals surface area contributed by atoms with E-state index in [1.807, 2.05) is 13.0 Å². The highest BCUT2D eigenvalue weighted by atomic mass is 35.5. The van der Waals surface area contributed by atoms with Crippen LogP contribution in [0.25, 0.3) is 0 Å². The second-order valence-corrected chi connectivity index (χ2v) is 6.76. The molecule has 0 saturated carbocycles. The Morgan fingerprint density at radius 1 is 1.29 bits per heavy atom. The summed E-state index contributed by atoms with van der Waals surface area (Å²) in [5.41, 5.74) is 7.94. The van der Waals surface area contributed by atoms with Crippen molar-refractivity contribution >= 4 is 21.6 Å². The molecule has 2 rings (SSSR count). The molecule has 21 heavy (non-hydrogen) atoms. The van der Waals surface area contributed by atoms with Gasteiger partial charge in [-0.2, -0.15) is 0 Å². The number of aryl methyl sites for hydroxylation is 1. The van der Waals surface area contributed by atoms with Crippen LogP contribution in [0.2, 0.25) is 5.02 Å². The number of sulfonamides is 1. The third kappa shape index (κ3) is 3.79. The van der Waals surface area contributed by atoms with E-state index in [0.29, 0.717) is 10.6 Å². The van der Waals surface area contributed by atoms with Crippen LogP contribution in [0, 0.1) is 6.92 Å². The van der Waals surface area contributed by atoms with Gasteiger partial charge in [-0.25, -0.2) is 13.1 Å². The predicted octanol–water partition coefficient (Wildman–Crippen LogP) is 1.98. The predicted molar refractivity (Wildman–Crippen MR) is 82.3 cm³/mol. The van der Waals surface area contributed by atoms with Gasteiger partial charge in [0.2, 0.25) is 10.0 Å². The minimum Gasteiger partial charge on any atom is -0.326 e. The van der Waals surface area contributed by atoms with E-state index in [1.54, 1.807) is 12.4 Å². The first-order chi connectivity index (χ1) is 9.94. The summed E-state index contributed by atoms with van der Waals surface area (Å²) in [6, 6.07) is 6.31. The maximum absolute atomic E-state index is 12.3. The van der Waals surface area contributed by atoms with Crippen LogP contribution in [-0.2, 0) is 23.1 Å². The molecular weight excluding hydrogens is 310 g/mol. The van der Waals surface area contributed by atoms with Gasteiger partial charge < -0.3 is 5.73 Å². The van der Waals surface area contributed by atoms with Crippen LogP contribution in [0.4, 0.5) is 0 Å². The Kier molecular flexibility index (Phi) is 4.95. The molecule has 0 amide bonds. The van der Waals surface area contributed by atoms with Gasteiger partial charge in [0.1, 0.15) is 0 Å². The second kappa shape index (κ2) is 6.53. The lowest BCUT2D eigenvalue weighted by Gasteiger charge is -2.10. The lowest BCUT2D eigenvalue weighted by molar-refractivity contribution is 0.581. The summed E-state index contributed by atoms with van der Waals surface area (Å²) < 4.78 is 27.1.